The van der Waals surface area contributed by atoms with Crippen LogP contribution in [-0.4, -0.2) is 9.52 Å². The van der Waals surface area contributed by atoms with E-state index >= 15 is 0 Å². The Morgan fingerprint density at radius 1 is 0.731 bits per heavy atom. The van der Waals surface area contributed by atoms with Crippen molar-refractivity contribution in [1.29, 1.82) is 0 Å². The van der Waals surface area contributed by atoms with Crippen LogP contribution in [0.4, 0.5) is 0 Å². The molecule has 2 aromatic carbocycles. The number of hydrogen-bond donors (Lipinski definition) is 0. The zero-order valence-corrected chi connectivity index (χ0v) is 19.0. The number of allylic oxidation sites excluding steroid dienone is 2. The summed E-state index contributed by atoms with van der Waals surface area (Å²) in [4.78, 5) is -0.813. The van der Waals surface area contributed by atoms with Crippen molar-refractivity contribution in [3.05, 3.63) is 81.2 Å². The van der Waals surface area contributed by atoms with Crippen molar-refractivity contribution >= 4 is 44.9 Å². The zero-order valence-electron chi connectivity index (χ0n) is 14.9. The van der Waals surface area contributed by atoms with E-state index in [0.717, 1.165) is 12.8 Å². The minimum absolute atomic E-state index is 0. The van der Waals surface area contributed by atoms with Gasteiger partial charge in [-0.2, -0.15) is 0 Å². The Hall–Kier alpha value is -0.569. The van der Waals surface area contributed by atoms with Gasteiger partial charge in [-0.05, 0) is 35.1 Å². The van der Waals surface area contributed by atoms with Gasteiger partial charge in [0.2, 0.25) is 0 Å². The van der Waals surface area contributed by atoms with Crippen molar-refractivity contribution < 1.29 is 21.7 Å². The van der Waals surface area contributed by atoms with Crippen LogP contribution in [0.5, 0.6) is 0 Å². The van der Waals surface area contributed by atoms with E-state index in [0.29, 0.717) is 9.52 Å². The van der Waals surface area contributed by atoms with E-state index in [1.807, 2.05) is 0 Å². The molecule has 2 atom stereocenters. The van der Waals surface area contributed by atoms with Crippen molar-refractivity contribution in [3.63, 3.8) is 0 Å². The molecule has 0 aromatic heterocycles. The van der Waals surface area contributed by atoms with Crippen molar-refractivity contribution in [1.82, 2.24) is 0 Å². The van der Waals surface area contributed by atoms with Gasteiger partial charge >= 0.3 is 0 Å². The fraction of sp³-hybridized carbons (Fsp3) is 0.273. The third-order valence-electron chi connectivity index (χ3n) is 5.47. The predicted octanol–water partition coefficient (Wildman–Crippen LogP) is 6.49. The van der Waals surface area contributed by atoms with E-state index in [1.165, 1.54) is 32.6 Å². The van der Waals surface area contributed by atoms with Gasteiger partial charge in [0.25, 0.3) is 0 Å². The molecule has 4 heteroatoms. The minimum atomic E-state index is -0.407. The molecule has 0 amide bonds. The first-order chi connectivity index (χ1) is 12.0. The molecule has 0 fully saturated rings. The van der Waals surface area contributed by atoms with Crippen LogP contribution in [-0.2, 0) is 31.5 Å². The number of rotatable bonds is 4. The summed E-state index contributed by atoms with van der Waals surface area (Å²) in [5.74, 6) is 0. The molecular formula is C22H20Cl2SiTi. The van der Waals surface area contributed by atoms with Gasteiger partial charge in [0, 0.05) is 21.7 Å². The van der Waals surface area contributed by atoms with Gasteiger partial charge in [0.15, 0.2) is 0 Å². The SMILES string of the molecule is CCC1(Cl)C([Si]C2=Cc3ccccc3C2(Cl)CC)=Cc2ccccc21.[Ti]. The summed E-state index contributed by atoms with van der Waals surface area (Å²) in [6.45, 7) is 4.33. The summed E-state index contributed by atoms with van der Waals surface area (Å²) in [6, 6.07) is 16.9. The first-order valence-corrected chi connectivity index (χ1v) is 10.6. The van der Waals surface area contributed by atoms with E-state index in [2.05, 4.69) is 74.5 Å². The van der Waals surface area contributed by atoms with Crippen molar-refractivity contribution in [2.45, 2.75) is 36.4 Å². The normalized spacial score (nSPS) is 25.8. The molecule has 2 aromatic rings. The maximum absolute atomic E-state index is 7.15. The third kappa shape index (κ3) is 2.93. The third-order valence-corrected chi connectivity index (χ3v) is 8.82. The first kappa shape index (κ1) is 20.2. The van der Waals surface area contributed by atoms with Crippen LogP contribution in [0.25, 0.3) is 12.2 Å². The van der Waals surface area contributed by atoms with Crippen LogP contribution in [0.2, 0.25) is 0 Å². The van der Waals surface area contributed by atoms with Crippen LogP contribution in [0.1, 0.15) is 48.9 Å². The molecule has 0 bridgehead atoms. The van der Waals surface area contributed by atoms with Gasteiger partial charge in [-0.15, -0.1) is 23.2 Å². The molecular weight excluding hydrogens is 411 g/mol. The van der Waals surface area contributed by atoms with Crippen LogP contribution >= 0.6 is 23.2 Å². The van der Waals surface area contributed by atoms with Gasteiger partial charge in [0.05, 0.1) is 9.75 Å². The zero-order chi connectivity index (χ0) is 17.7. The minimum Gasteiger partial charge on any atom is -0.110 e. The summed E-state index contributed by atoms with van der Waals surface area (Å²) < 4.78 is 0. The second-order valence-electron chi connectivity index (χ2n) is 6.72. The molecule has 2 radical (unpaired) electrons. The molecule has 4 rings (SSSR count). The van der Waals surface area contributed by atoms with E-state index in [-0.39, 0.29) is 21.7 Å². The molecule has 0 spiro atoms. The smallest absolute Gasteiger partial charge is 0.110 e. The monoisotopic (exact) mass is 430 g/mol. The Balaban J connectivity index is 0.00000196. The van der Waals surface area contributed by atoms with Gasteiger partial charge < -0.3 is 0 Å². The molecule has 26 heavy (non-hydrogen) atoms. The maximum atomic E-state index is 7.15. The summed E-state index contributed by atoms with van der Waals surface area (Å²) in [5, 5.41) is 2.57. The molecule has 0 saturated heterocycles. The number of benzene rings is 2. The topological polar surface area (TPSA) is 0 Å². The molecule has 0 nitrogen and oxygen atoms in total. The number of fused-ring (bicyclic) bond motifs is 2. The van der Waals surface area contributed by atoms with Crippen molar-refractivity contribution in [2.24, 2.45) is 0 Å². The number of halogens is 2. The molecule has 2 aliphatic rings. The Kier molecular flexibility index (Phi) is 5.78. The fourth-order valence-electron chi connectivity index (χ4n) is 3.97. The first-order valence-electron chi connectivity index (χ1n) is 8.81. The second kappa shape index (κ2) is 7.45. The van der Waals surface area contributed by atoms with E-state index in [9.17, 15) is 0 Å². The molecule has 2 aliphatic carbocycles. The Bertz CT molecular complexity index is 831. The molecule has 0 heterocycles. The van der Waals surface area contributed by atoms with Crippen molar-refractivity contribution in [2.75, 3.05) is 0 Å². The molecule has 0 aliphatic heterocycles. The van der Waals surface area contributed by atoms with E-state index in [1.54, 1.807) is 0 Å². The number of hydrogen-bond acceptors (Lipinski definition) is 0. The van der Waals surface area contributed by atoms with Gasteiger partial charge in [0.1, 0.15) is 9.52 Å². The Morgan fingerprint density at radius 2 is 1.12 bits per heavy atom. The quantitative estimate of drug-likeness (QED) is 0.384. The van der Waals surface area contributed by atoms with Gasteiger partial charge in [-0.1, -0.05) is 84.9 Å². The van der Waals surface area contributed by atoms with Crippen LogP contribution in [0.15, 0.2) is 58.9 Å². The predicted molar refractivity (Wildman–Crippen MR) is 110 cm³/mol. The van der Waals surface area contributed by atoms with Crippen LogP contribution in [0, 0.1) is 0 Å². The average Bonchev–Trinajstić information content (AvgIpc) is 3.09. The Labute approximate surface area is 183 Å². The average molecular weight is 431 g/mol. The van der Waals surface area contributed by atoms with Gasteiger partial charge in [-0.25, -0.2) is 0 Å². The summed E-state index contributed by atoms with van der Waals surface area (Å²) in [5.41, 5.74) is 4.95. The van der Waals surface area contributed by atoms with Crippen molar-refractivity contribution in [3.8, 4) is 0 Å². The molecule has 0 saturated carbocycles. The van der Waals surface area contributed by atoms with Crippen LogP contribution < -0.4 is 0 Å². The summed E-state index contributed by atoms with van der Waals surface area (Å²) in [6.07, 6.45) is 6.32. The molecule has 2 unspecified atom stereocenters. The second-order valence-corrected chi connectivity index (χ2v) is 9.34. The maximum Gasteiger partial charge on any atom is 0.115 e. The fourth-order valence-corrected chi connectivity index (χ4v) is 6.48. The van der Waals surface area contributed by atoms with E-state index < -0.39 is 9.75 Å². The summed E-state index contributed by atoms with van der Waals surface area (Å²) >= 11 is 14.3. The summed E-state index contributed by atoms with van der Waals surface area (Å²) in [7, 11) is 0.507. The van der Waals surface area contributed by atoms with E-state index in [4.69, 9.17) is 23.2 Å². The Morgan fingerprint density at radius 3 is 1.50 bits per heavy atom. The largest absolute Gasteiger partial charge is 0.115 e. The molecule has 130 valence electrons. The van der Waals surface area contributed by atoms with Gasteiger partial charge in [-0.3, -0.25) is 0 Å². The molecule has 0 N–H and O–H groups in total. The van der Waals surface area contributed by atoms with Crippen LogP contribution in [0.3, 0.4) is 0 Å². The number of alkyl halides is 2. The standard InChI is InChI=1S/C22H20Cl2Si.Ti/c1-3-21(23)17-11-7-5-9-15(17)13-19(21)25-20-14-16-10-6-8-12-18(16)22(20,24)4-2;/h5-14H,3-4H2,1-2H3;.